The zero-order chi connectivity index (χ0) is 22.0. The van der Waals surface area contributed by atoms with E-state index >= 15 is 0 Å². The van der Waals surface area contributed by atoms with E-state index < -0.39 is 5.60 Å². The second kappa shape index (κ2) is 8.99. The van der Waals surface area contributed by atoms with Crippen molar-refractivity contribution in [2.75, 3.05) is 13.1 Å². The van der Waals surface area contributed by atoms with Gasteiger partial charge in [0, 0.05) is 18.2 Å². The Labute approximate surface area is 184 Å². The predicted molar refractivity (Wildman–Crippen MR) is 118 cm³/mol. The van der Waals surface area contributed by atoms with Gasteiger partial charge in [0.1, 0.15) is 5.60 Å². The summed E-state index contributed by atoms with van der Waals surface area (Å²) in [6.07, 6.45) is 5.25. The molecule has 0 saturated carbocycles. The summed E-state index contributed by atoms with van der Waals surface area (Å²) < 4.78 is 11.3. The summed E-state index contributed by atoms with van der Waals surface area (Å²) in [7, 11) is 0. The highest BCUT2D eigenvalue weighted by molar-refractivity contribution is 5.69. The molecule has 7 heteroatoms. The molecule has 2 fully saturated rings. The lowest BCUT2D eigenvalue weighted by molar-refractivity contribution is 0.00600. The maximum Gasteiger partial charge on any atom is 0.410 e. The fourth-order valence-corrected chi connectivity index (χ4v) is 4.81. The number of rotatable bonds is 4. The van der Waals surface area contributed by atoms with Crippen LogP contribution in [0.4, 0.5) is 4.79 Å². The number of aromatic nitrogens is 2. The minimum Gasteiger partial charge on any atom is -0.444 e. The molecule has 7 nitrogen and oxygen atoms in total. The molecule has 0 radical (unpaired) electrons. The van der Waals surface area contributed by atoms with Gasteiger partial charge in [-0.25, -0.2) is 4.79 Å². The van der Waals surface area contributed by atoms with Crippen LogP contribution >= 0.6 is 0 Å². The number of carbonyl (C=O) groups is 1. The first-order valence-electron chi connectivity index (χ1n) is 11.4. The summed E-state index contributed by atoms with van der Waals surface area (Å²) in [5.74, 6) is 1.27. The largest absolute Gasteiger partial charge is 0.444 e. The molecule has 0 N–H and O–H groups in total. The van der Waals surface area contributed by atoms with E-state index in [2.05, 4.69) is 15.0 Å². The summed E-state index contributed by atoms with van der Waals surface area (Å²) in [6, 6.07) is 8.52. The van der Waals surface area contributed by atoms with E-state index in [1.165, 1.54) is 6.42 Å². The normalized spacial score (nSPS) is 22.6. The molecule has 0 aliphatic carbocycles. The molecule has 2 atom stereocenters. The second-order valence-corrected chi connectivity index (χ2v) is 9.75. The van der Waals surface area contributed by atoms with Crippen molar-refractivity contribution in [1.29, 1.82) is 0 Å². The van der Waals surface area contributed by atoms with Crippen LogP contribution in [0, 0.1) is 6.92 Å². The zero-order valence-electron chi connectivity index (χ0n) is 19.1. The van der Waals surface area contributed by atoms with E-state index in [1.54, 1.807) is 0 Å². The number of amides is 1. The third kappa shape index (κ3) is 5.09. The minimum absolute atomic E-state index is 0.179. The third-order valence-corrected chi connectivity index (χ3v) is 6.22. The molecule has 168 valence electrons. The van der Waals surface area contributed by atoms with E-state index in [1.807, 2.05) is 56.9 Å². The maximum absolute atomic E-state index is 12.8. The molecule has 2 saturated heterocycles. The zero-order valence-corrected chi connectivity index (χ0v) is 19.1. The van der Waals surface area contributed by atoms with E-state index in [0.29, 0.717) is 24.3 Å². The van der Waals surface area contributed by atoms with Gasteiger partial charge in [0.05, 0.1) is 12.6 Å². The van der Waals surface area contributed by atoms with Crippen LogP contribution in [0.5, 0.6) is 0 Å². The van der Waals surface area contributed by atoms with Crippen LogP contribution < -0.4 is 0 Å². The van der Waals surface area contributed by atoms with Crippen molar-refractivity contribution in [2.45, 2.75) is 84.0 Å². The van der Waals surface area contributed by atoms with Gasteiger partial charge >= 0.3 is 6.09 Å². The Morgan fingerprint density at radius 2 is 1.90 bits per heavy atom. The molecule has 2 aromatic rings. The number of hydrogen-bond donors (Lipinski definition) is 0. The summed E-state index contributed by atoms with van der Waals surface area (Å²) >= 11 is 0. The molecule has 1 aromatic carbocycles. The number of likely N-dealkylation sites (tertiary alicyclic amines) is 2. The molecule has 2 aliphatic rings. The van der Waals surface area contributed by atoms with Crippen molar-refractivity contribution < 1.29 is 14.1 Å². The van der Waals surface area contributed by atoms with E-state index in [-0.39, 0.29) is 12.1 Å². The van der Waals surface area contributed by atoms with Gasteiger partial charge in [-0.3, -0.25) is 4.90 Å². The third-order valence-electron chi connectivity index (χ3n) is 6.22. The number of piperidine rings is 1. The van der Waals surface area contributed by atoms with Gasteiger partial charge in [0.2, 0.25) is 0 Å². The summed E-state index contributed by atoms with van der Waals surface area (Å²) in [5.41, 5.74) is 1.61. The van der Waals surface area contributed by atoms with Gasteiger partial charge in [-0.1, -0.05) is 29.8 Å². The molecule has 0 bridgehead atoms. The van der Waals surface area contributed by atoms with Crippen LogP contribution in [0.2, 0.25) is 0 Å². The second-order valence-electron chi connectivity index (χ2n) is 9.75. The van der Waals surface area contributed by atoms with Crippen molar-refractivity contribution >= 4 is 6.09 Å². The van der Waals surface area contributed by atoms with Crippen molar-refractivity contribution in [2.24, 2.45) is 0 Å². The number of nitrogens with zero attached hydrogens (tertiary/aromatic N) is 4. The predicted octanol–water partition coefficient (Wildman–Crippen LogP) is 4.80. The van der Waals surface area contributed by atoms with Gasteiger partial charge in [-0.05, 0) is 71.6 Å². The van der Waals surface area contributed by atoms with Crippen molar-refractivity contribution in [1.82, 2.24) is 19.9 Å². The fraction of sp³-hybridized carbons (Fsp3) is 0.625. The first-order chi connectivity index (χ1) is 14.8. The average molecular weight is 427 g/mol. The lowest BCUT2D eigenvalue weighted by Gasteiger charge is -2.41. The Bertz CT molecular complexity index is 904. The highest BCUT2D eigenvalue weighted by Crippen LogP contribution is 2.31. The lowest BCUT2D eigenvalue weighted by atomic mass is 9.94. The monoisotopic (exact) mass is 426 g/mol. The first-order valence-corrected chi connectivity index (χ1v) is 11.4. The molecule has 31 heavy (non-hydrogen) atoms. The van der Waals surface area contributed by atoms with Crippen molar-refractivity contribution in [3.63, 3.8) is 0 Å². The number of ether oxygens (including phenoxy) is 1. The quantitative estimate of drug-likeness (QED) is 0.699. The smallest absolute Gasteiger partial charge is 0.410 e. The maximum atomic E-state index is 12.8. The highest BCUT2D eigenvalue weighted by atomic mass is 16.6. The number of hydrogen-bond acceptors (Lipinski definition) is 6. The van der Waals surface area contributed by atoms with E-state index in [0.717, 1.165) is 49.9 Å². The Morgan fingerprint density at radius 1 is 1.13 bits per heavy atom. The number of aryl methyl sites for hydroxylation is 1. The van der Waals surface area contributed by atoms with Crippen LogP contribution in [-0.4, -0.2) is 56.8 Å². The Balaban J connectivity index is 1.48. The Kier molecular flexibility index (Phi) is 6.32. The summed E-state index contributed by atoms with van der Waals surface area (Å²) in [4.78, 5) is 21.9. The average Bonchev–Trinajstić information content (AvgIpc) is 3.37. The van der Waals surface area contributed by atoms with Crippen LogP contribution in [0.3, 0.4) is 0 Å². The molecule has 1 amide bonds. The van der Waals surface area contributed by atoms with Crippen LogP contribution in [0.15, 0.2) is 28.8 Å². The Hall–Kier alpha value is -2.41. The fourth-order valence-electron chi connectivity index (χ4n) is 4.81. The SMILES string of the molecule is Cc1ccccc1-c1nc(CN2CCCC[C@H]2[C@@H]2CCCN2C(=O)OC(C)(C)C)no1. The van der Waals surface area contributed by atoms with Crippen LogP contribution in [0.25, 0.3) is 11.5 Å². The van der Waals surface area contributed by atoms with E-state index in [4.69, 9.17) is 9.26 Å². The van der Waals surface area contributed by atoms with Crippen LogP contribution in [-0.2, 0) is 11.3 Å². The van der Waals surface area contributed by atoms with Crippen molar-refractivity contribution in [3.8, 4) is 11.5 Å². The molecule has 0 unspecified atom stereocenters. The molecule has 0 spiro atoms. The minimum atomic E-state index is -0.479. The van der Waals surface area contributed by atoms with Gasteiger partial charge < -0.3 is 14.2 Å². The number of benzene rings is 1. The molecule has 3 heterocycles. The highest BCUT2D eigenvalue weighted by Gasteiger charge is 2.40. The van der Waals surface area contributed by atoms with Crippen molar-refractivity contribution in [3.05, 3.63) is 35.7 Å². The molecule has 1 aromatic heterocycles. The van der Waals surface area contributed by atoms with Gasteiger partial charge in [-0.15, -0.1) is 0 Å². The molecule has 4 rings (SSSR count). The Morgan fingerprint density at radius 3 is 2.68 bits per heavy atom. The molecule has 2 aliphatic heterocycles. The number of carbonyl (C=O) groups excluding carboxylic acids is 1. The molecular formula is C24H34N4O3. The summed E-state index contributed by atoms with van der Waals surface area (Å²) in [5, 5.41) is 4.26. The lowest BCUT2D eigenvalue weighted by Crippen LogP contribution is -2.53. The van der Waals surface area contributed by atoms with Gasteiger partial charge in [-0.2, -0.15) is 4.98 Å². The van der Waals surface area contributed by atoms with Gasteiger partial charge in [0.25, 0.3) is 5.89 Å². The summed E-state index contributed by atoms with van der Waals surface area (Å²) in [6.45, 7) is 10.2. The van der Waals surface area contributed by atoms with Crippen LogP contribution in [0.1, 0.15) is 64.3 Å². The standard InChI is InChI=1S/C24H34N4O3/c1-17-10-5-6-11-18(17)22-25-21(26-31-22)16-27-14-8-7-12-19(27)20-13-9-15-28(20)23(29)30-24(2,3)4/h5-6,10-11,19-20H,7-9,12-16H2,1-4H3/t19-,20-/m0/s1. The first kappa shape index (κ1) is 21.8. The van der Waals surface area contributed by atoms with Gasteiger partial charge in [0.15, 0.2) is 5.82 Å². The molecular weight excluding hydrogens is 392 g/mol. The topological polar surface area (TPSA) is 71.7 Å². The van der Waals surface area contributed by atoms with E-state index in [9.17, 15) is 4.79 Å².